The van der Waals surface area contributed by atoms with E-state index in [0.29, 0.717) is 0 Å². The first-order chi connectivity index (χ1) is 21.6. The van der Waals surface area contributed by atoms with Gasteiger partial charge in [0.25, 0.3) is 0 Å². The summed E-state index contributed by atoms with van der Waals surface area (Å²) in [7, 11) is 0. The molecule has 2 heterocycles. The minimum atomic E-state index is -0.194. The maximum Gasteiger partial charge on any atom is 0.125 e. The minimum absolute atomic E-state index is 0.179. The number of hydrogen-bond acceptors (Lipinski definition) is 2. The van der Waals surface area contributed by atoms with Crippen LogP contribution in [-0.4, -0.2) is 13.1 Å². The highest BCUT2D eigenvalue weighted by molar-refractivity contribution is 6.17. The van der Waals surface area contributed by atoms with Crippen molar-refractivity contribution >= 4 is 44.3 Å². The fourth-order valence-electron chi connectivity index (χ4n) is 7.12. The van der Waals surface area contributed by atoms with Crippen LogP contribution in [0.25, 0.3) is 27.2 Å². The van der Waals surface area contributed by atoms with Gasteiger partial charge in [-0.1, -0.05) is 82.3 Å². The van der Waals surface area contributed by atoms with E-state index in [-0.39, 0.29) is 11.6 Å². The summed E-state index contributed by atoms with van der Waals surface area (Å²) in [6.07, 6.45) is 10.5. The largest absolute Gasteiger partial charge is 0.344 e. The first-order valence-electron chi connectivity index (χ1n) is 16.3. The molecule has 0 amide bonds. The molecule has 0 saturated carbocycles. The van der Waals surface area contributed by atoms with Gasteiger partial charge < -0.3 is 9.80 Å². The molecule has 0 aromatic heterocycles. The summed E-state index contributed by atoms with van der Waals surface area (Å²) in [6, 6.07) is 23.7. The van der Waals surface area contributed by atoms with Crippen LogP contribution >= 0.6 is 0 Å². The Kier molecular flexibility index (Phi) is 8.70. The van der Waals surface area contributed by atoms with E-state index in [1.807, 2.05) is 26.0 Å². The third-order valence-electron chi connectivity index (χ3n) is 9.06. The highest BCUT2D eigenvalue weighted by atomic mass is 19.1. The van der Waals surface area contributed by atoms with Gasteiger partial charge in [0.05, 0.1) is 0 Å². The first kappa shape index (κ1) is 29.9. The van der Waals surface area contributed by atoms with Gasteiger partial charge in [-0.05, 0) is 102 Å². The van der Waals surface area contributed by atoms with Crippen molar-refractivity contribution in [2.24, 2.45) is 0 Å². The second-order valence-corrected chi connectivity index (χ2v) is 11.5. The Morgan fingerprint density at radius 1 is 0.591 bits per heavy atom. The molecular weight excluding hydrogens is 546 g/mol. The smallest absolute Gasteiger partial charge is 0.125 e. The number of fused-ring (bicyclic) bond motifs is 2. The van der Waals surface area contributed by atoms with Crippen molar-refractivity contribution < 1.29 is 8.78 Å². The monoisotopic (exact) mass is 588 g/mol. The average molecular weight is 589 g/mol. The van der Waals surface area contributed by atoms with Crippen molar-refractivity contribution in [3.8, 4) is 0 Å². The molecular formula is C40H42F2N2. The molecule has 4 heteroatoms. The molecule has 1 aliphatic carbocycles. The number of halogens is 2. The van der Waals surface area contributed by atoms with E-state index < -0.39 is 0 Å². The van der Waals surface area contributed by atoms with Gasteiger partial charge >= 0.3 is 0 Å². The van der Waals surface area contributed by atoms with E-state index in [0.717, 1.165) is 55.8 Å². The number of benzene rings is 5. The Labute approximate surface area is 260 Å². The molecule has 0 bridgehead atoms. The molecule has 5 aromatic rings. The molecule has 44 heavy (non-hydrogen) atoms. The van der Waals surface area contributed by atoms with Crippen molar-refractivity contribution in [1.29, 1.82) is 0 Å². The summed E-state index contributed by atoms with van der Waals surface area (Å²) < 4.78 is 28.3. The number of allylic oxidation sites excluding steroid dienone is 2. The standard InChI is InChI=1S/C32H24F2N2.C6H12.C2H6/c33-23-7-1-19-13-15-35(29(19)17-23)27-11-5-21-4-10-26-28(12-6-22-3-9-25(27)31(21)32(22)26)36-16-14-20-2-8-24(34)18-30(20)36;1-3-5-6-4-2;1-2/h1-5,7-11,17-18H,6,12-16H2;5-6H,3-4H2,1-2H3;1-2H3/b;6-5-;. The van der Waals surface area contributed by atoms with Crippen molar-refractivity contribution in [2.75, 3.05) is 22.9 Å². The molecule has 226 valence electrons. The Bertz CT molecular complexity index is 1900. The van der Waals surface area contributed by atoms with Gasteiger partial charge in [0, 0.05) is 46.5 Å². The lowest BCUT2D eigenvalue weighted by Crippen LogP contribution is -2.28. The fraction of sp³-hybridized carbons (Fsp3) is 0.300. The van der Waals surface area contributed by atoms with E-state index in [9.17, 15) is 8.78 Å². The van der Waals surface area contributed by atoms with Crippen LogP contribution in [0.5, 0.6) is 0 Å². The van der Waals surface area contributed by atoms with E-state index in [1.54, 1.807) is 24.3 Å². The van der Waals surface area contributed by atoms with Crippen molar-refractivity contribution in [2.45, 2.75) is 66.2 Å². The summed E-state index contributed by atoms with van der Waals surface area (Å²) in [6.45, 7) is 10.0. The number of aryl methyl sites for hydroxylation is 1. The number of nitrogens with zero attached hydrogens (tertiary/aromatic N) is 2. The lowest BCUT2D eigenvalue weighted by atomic mass is 9.87. The van der Waals surface area contributed by atoms with Crippen LogP contribution in [0.3, 0.4) is 0 Å². The van der Waals surface area contributed by atoms with Gasteiger partial charge in [-0.3, -0.25) is 0 Å². The lowest BCUT2D eigenvalue weighted by Gasteiger charge is -2.29. The summed E-state index contributed by atoms with van der Waals surface area (Å²) in [5.74, 6) is -0.374. The number of rotatable bonds is 4. The third kappa shape index (κ3) is 5.25. The minimum Gasteiger partial charge on any atom is -0.344 e. The van der Waals surface area contributed by atoms with Crippen molar-refractivity contribution in [3.05, 3.63) is 118 Å². The molecule has 0 spiro atoms. The molecule has 0 radical (unpaired) electrons. The van der Waals surface area contributed by atoms with E-state index in [2.05, 4.69) is 72.2 Å². The van der Waals surface area contributed by atoms with Gasteiger partial charge in [0.2, 0.25) is 0 Å². The summed E-state index contributed by atoms with van der Waals surface area (Å²) >= 11 is 0. The van der Waals surface area contributed by atoms with E-state index in [4.69, 9.17) is 0 Å². The zero-order chi connectivity index (χ0) is 30.8. The summed E-state index contributed by atoms with van der Waals surface area (Å²) in [5, 5.41) is 6.29. The molecule has 0 N–H and O–H groups in total. The SMILES string of the molecule is CC.CC/C=C\CC.Fc1ccc2c(c1)N(C1=c3ccc4ccc(N5CCc6ccc(F)cc65)c5ccc(c3c45)CC1)CC2. The summed E-state index contributed by atoms with van der Waals surface area (Å²) in [5.41, 5.74) is 8.20. The quantitative estimate of drug-likeness (QED) is 0.193. The molecule has 3 aliphatic rings. The zero-order valence-corrected chi connectivity index (χ0v) is 26.4. The summed E-state index contributed by atoms with van der Waals surface area (Å²) in [4.78, 5) is 4.61. The van der Waals surface area contributed by atoms with Crippen LogP contribution in [0.15, 0.2) is 84.9 Å². The van der Waals surface area contributed by atoms with Crippen LogP contribution in [0, 0.1) is 11.6 Å². The molecule has 0 saturated heterocycles. The first-order valence-corrected chi connectivity index (χ1v) is 16.3. The van der Waals surface area contributed by atoms with Crippen LogP contribution in [0.4, 0.5) is 25.8 Å². The highest BCUT2D eigenvalue weighted by Gasteiger charge is 2.28. The maximum atomic E-state index is 14.2. The topological polar surface area (TPSA) is 6.48 Å². The van der Waals surface area contributed by atoms with Gasteiger partial charge in [0.1, 0.15) is 11.6 Å². The van der Waals surface area contributed by atoms with Crippen LogP contribution < -0.4 is 15.0 Å². The molecule has 0 atom stereocenters. The molecule has 2 aliphatic heterocycles. The van der Waals surface area contributed by atoms with E-state index >= 15 is 0 Å². The maximum absolute atomic E-state index is 14.2. The zero-order valence-electron chi connectivity index (χ0n) is 26.4. The fourth-order valence-corrected chi connectivity index (χ4v) is 7.12. The highest BCUT2D eigenvalue weighted by Crippen LogP contribution is 2.43. The van der Waals surface area contributed by atoms with Gasteiger partial charge in [0.15, 0.2) is 0 Å². The molecule has 0 fully saturated rings. The van der Waals surface area contributed by atoms with Gasteiger partial charge in [-0.15, -0.1) is 0 Å². The predicted octanol–water partition coefficient (Wildman–Crippen LogP) is 10.2. The average Bonchev–Trinajstić information content (AvgIpc) is 3.67. The second kappa shape index (κ2) is 12.8. The second-order valence-electron chi connectivity index (χ2n) is 11.5. The van der Waals surface area contributed by atoms with Crippen LogP contribution in [-0.2, 0) is 19.3 Å². The Hall–Kier alpha value is -4.18. The van der Waals surface area contributed by atoms with E-state index in [1.165, 1.54) is 62.0 Å². The molecule has 8 rings (SSSR count). The molecule has 0 unspecified atom stereocenters. The Morgan fingerprint density at radius 2 is 1.18 bits per heavy atom. The Balaban J connectivity index is 0.000000387. The van der Waals surface area contributed by atoms with Gasteiger partial charge in [-0.25, -0.2) is 8.78 Å². The van der Waals surface area contributed by atoms with Crippen LogP contribution in [0.2, 0.25) is 0 Å². The number of anilines is 3. The number of hydrogen-bond donors (Lipinski definition) is 0. The lowest BCUT2D eigenvalue weighted by molar-refractivity contribution is 0.627. The normalized spacial score (nSPS) is 14.9. The third-order valence-corrected chi connectivity index (χ3v) is 9.06. The molecule has 5 aromatic carbocycles. The van der Waals surface area contributed by atoms with Gasteiger partial charge in [-0.2, -0.15) is 0 Å². The Morgan fingerprint density at radius 3 is 1.84 bits per heavy atom. The van der Waals surface area contributed by atoms with Crippen molar-refractivity contribution in [1.82, 2.24) is 0 Å². The van der Waals surface area contributed by atoms with Crippen molar-refractivity contribution in [3.63, 3.8) is 0 Å². The van der Waals surface area contributed by atoms with Crippen LogP contribution in [0.1, 0.15) is 63.6 Å². The predicted molar refractivity (Wildman–Crippen MR) is 184 cm³/mol. The molecule has 2 nitrogen and oxygen atoms in total.